The number of benzene rings is 1. The Morgan fingerprint density at radius 1 is 1.44 bits per heavy atom. The summed E-state index contributed by atoms with van der Waals surface area (Å²) in [4.78, 5) is 0. The molecular formula is C15H22FNO. The molecule has 0 amide bonds. The molecule has 0 bridgehead atoms. The molecule has 0 radical (unpaired) electrons. The lowest BCUT2D eigenvalue weighted by molar-refractivity contribution is 0.178. The van der Waals surface area contributed by atoms with Crippen LogP contribution in [0.15, 0.2) is 18.2 Å². The van der Waals surface area contributed by atoms with Gasteiger partial charge in [0.15, 0.2) is 11.6 Å². The summed E-state index contributed by atoms with van der Waals surface area (Å²) in [5, 5.41) is 3.45. The maximum atomic E-state index is 13.9. The van der Waals surface area contributed by atoms with E-state index in [4.69, 9.17) is 4.74 Å². The van der Waals surface area contributed by atoms with E-state index < -0.39 is 0 Å². The van der Waals surface area contributed by atoms with Gasteiger partial charge in [-0.05, 0) is 37.8 Å². The van der Waals surface area contributed by atoms with Crippen molar-refractivity contribution >= 4 is 0 Å². The van der Waals surface area contributed by atoms with E-state index in [0.717, 1.165) is 19.4 Å². The Morgan fingerprint density at radius 3 is 2.89 bits per heavy atom. The third-order valence-corrected chi connectivity index (χ3v) is 3.27. The average molecular weight is 251 g/mol. The van der Waals surface area contributed by atoms with Crippen molar-refractivity contribution in [3.63, 3.8) is 0 Å². The smallest absolute Gasteiger partial charge is 0.167 e. The minimum absolute atomic E-state index is 0.0619. The predicted molar refractivity (Wildman–Crippen MR) is 71.5 cm³/mol. The molecule has 0 aromatic heterocycles. The van der Waals surface area contributed by atoms with E-state index in [1.807, 2.05) is 6.07 Å². The molecule has 1 aliphatic rings. The fourth-order valence-corrected chi connectivity index (χ4v) is 2.00. The number of hydrogen-bond acceptors (Lipinski definition) is 2. The Hall–Kier alpha value is -1.09. The molecule has 1 aromatic carbocycles. The largest absolute Gasteiger partial charge is 0.486 e. The molecule has 0 heterocycles. The number of aryl methyl sites for hydroxylation is 1. The number of halogens is 1. The lowest BCUT2D eigenvalue weighted by Crippen LogP contribution is -2.32. The lowest BCUT2D eigenvalue weighted by Gasteiger charge is -2.20. The molecule has 2 rings (SSSR count). The number of ether oxygens (including phenoxy) is 1. The number of hydrogen-bond donors (Lipinski definition) is 1. The summed E-state index contributed by atoms with van der Waals surface area (Å²) in [6.45, 7) is 4.70. The standard InChI is InChI=1S/C15H22FNO/c1-3-5-13(10-17-12-8-9-12)18-14-7-4-6-11(2)15(14)16/h4,6-7,12-13,17H,3,5,8-10H2,1-2H3. The minimum atomic E-state index is -0.231. The minimum Gasteiger partial charge on any atom is -0.486 e. The first kappa shape index (κ1) is 13.3. The van der Waals surface area contributed by atoms with Gasteiger partial charge in [0.25, 0.3) is 0 Å². The van der Waals surface area contributed by atoms with E-state index in [0.29, 0.717) is 17.4 Å². The van der Waals surface area contributed by atoms with E-state index >= 15 is 0 Å². The first-order chi connectivity index (χ1) is 8.70. The zero-order valence-electron chi connectivity index (χ0n) is 11.2. The highest BCUT2D eigenvalue weighted by molar-refractivity contribution is 5.30. The molecule has 0 spiro atoms. The fraction of sp³-hybridized carbons (Fsp3) is 0.600. The van der Waals surface area contributed by atoms with Gasteiger partial charge in [-0.15, -0.1) is 0 Å². The lowest BCUT2D eigenvalue weighted by atomic mass is 10.2. The van der Waals surface area contributed by atoms with Gasteiger partial charge < -0.3 is 10.1 Å². The zero-order valence-corrected chi connectivity index (χ0v) is 11.2. The van der Waals surface area contributed by atoms with Crippen molar-refractivity contribution in [2.75, 3.05) is 6.54 Å². The first-order valence-electron chi connectivity index (χ1n) is 6.86. The monoisotopic (exact) mass is 251 g/mol. The number of nitrogens with one attached hydrogen (secondary N) is 1. The molecule has 0 aliphatic heterocycles. The highest BCUT2D eigenvalue weighted by Crippen LogP contribution is 2.23. The molecular weight excluding hydrogens is 229 g/mol. The molecule has 1 aromatic rings. The summed E-state index contributed by atoms with van der Waals surface area (Å²) in [6, 6.07) is 5.97. The van der Waals surface area contributed by atoms with Crippen LogP contribution >= 0.6 is 0 Å². The Morgan fingerprint density at radius 2 is 2.22 bits per heavy atom. The maximum Gasteiger partial charge on any atom is 0.167 e. The molecule has 1 atom stereocenters. The van der Waals surface area contributed by atoms with Gasteiger partial charge in [-0.1, -0.05) is 25.5 Å². The predicted octanol–water partition coefficient (Wildman–Crippen LogP) is 3.43. The van der Waals surface area contributed by atoms with Gasteiger partial charge in [-0.25, -0.2) is 4.39 Å². The molecule has 1 N–H and O–H groups in total. The van der Waals surface area contributed by atoms with E-state index in [9.17, 15) is 4.39 Å². The van der Waals surface area contributed by atoms with Gasteiger partial charge in [-0.3, -0.25) is 0 Å². The highest BCUT2D eigenvalue weighted by atomic mass is 19.1. The quantitative estimate of drug-likeness (QED) is 0.801. The Labute approximate surface area is 109 Å². The summed E-state index contributed by atoms with van der Waals surface area (Å²) < 4.78 is 19.7. The van der Waals surface area contributed by atoms with Gasteiger partial charge in [0, 0.05) is 12.6 Å². The van der Waals surface area contributed by atoms with Crippen LogP contribution in [0.25, 0.3) is 0 Å². The van der Waals surface area contributed by atoms with E-state index in [1.54, 1.807) is 19.1 Å². The topological polar surface area (TPSA) is 21.3 Å². The van der Waals surface area contributed by atoms with Crippen LogP contribution in [0.4, 0.5) is 4.39 Å². The summed E-state index contributed by atoms with van der Waals surface area (Å²) in [5.41, 5.74) is 0.637. The molecule has 1 unspecified atom stereocenters. The second-order valence-corrected chi connectivity index (χ2v) is 5.10. The third kappa shape index (κ3) is 3.70. The Balaban J connectivity index is 1.95. The maximum absolute atomic E-state index is 13.9. The van der Waals surface area contributed by atoms with E-state index in [1.165, 1.54) is 12.8 Å². The fourth-order valence-electron chi connectivity index (χ4n) is 2.00. The molecule has 100 valence electrons. The normalized spacial score (nSPS) is 16.6. The van der Waals surface area contributed by atoms with Gasteiger partial charge >= 0.3 is 0 Å². The summed E-state index contributed by atoms with van der Waals surface area (Å²) in [5.74, 6) is 0.149. The molecule has 0 saturated heterocycles. The molecule has 1 fully saturated rings. The second kappa shape index (κ2) is 6.19. The molecule has 18 heavy (non-hydrogen) atoms. The zero-order chi connectivity index (χ0) is 13.0. The van der Waals surface area contributed by atoms with Crippen LogP contribution in [0.5, 0.6) is 5.75 Å². The summed E-state index contributed by atoms with van der Waals surface area (Å²) in [7, 11) is 0. The SMILES string of the molecule is CCCC(CNC1CC1)Oc1cccc(C)c1F. The summed E-state index contributed by atoms with van der Waals surface area (Å²) >= 11 is 0. The van der Waals surface area contributed by atoms with Crippen LogP contribution in [0.1, 0.15) is 38.2 Å². The van der Waals surface area contributed by atoms with Gasteiger partial charge in [0.05, 0.1) is 0 Å². The third-order valence-electron chi connectivity index (χ3n) is 3.27. The molecule has 1 saturated carbocycles. The van der Waals surface area contributed by atoms with Crippen molar-refractivity contribution < 1.29 is 9.13 Å². The molecule has 2 nitrogen and oxygen atoms in total. The van der Waals surface area contributed by atoms with Crippen molar-refractivity contribution in [3.05, 3.63) is 29.6 Å². The van der Waals surface area contributed by atoms with Crippen LogP contribution in [0, 0.1) is 12.7 Å². The van der Waals surface area contributed by atoms with Crippen LogP contribution in [-0.2, 0) is 0 Å². The highest BCUT2D eigenvalue weighted by Gasteiger charge is 2.22. The van der Waals surface area contributed by atoms with Crippen LogP contribution < -0.4 is 10.1 Å². The van der Waals surface area contributed by atoms with Crippen LogP contribution in [0.3, 0.4) is 0 Å². The van der Waals surface area contributed by atoms with Crippen LogP contribution in [-0.4, -0.2) is 18.7 Å². The van der Waals surface area contributed by atoms with Crippen molar-refractivity contribution in [2.45, 2.75) is 51.7 Å². The Kier molecular flexibility index (Phi) is 4.59. The van der Waals surface area contributed by atoms with Crippen molar-refractivity contribution in [1.82, 2.24) is 5.32 Å². The van der Waals surface area contributed by atoms with Crippen molar-refractivity contribution in [3.8, 4) is 5.75 Å². The molecule has 3 heteroatoms. The molecule has 1 aliphatic carbocycles. The van der Waals surface area contributed by atoms with E-state index in [-0.39, 0.29) is 11.9 Å². The van der Waals surface area contributed by atoms with E-state index in [2.05, 4.69) is 12.2 Å². The summed E-state index contributed by atoms with van der Waals surface area (Å²) in [6.07, 6.45) is 4.58. The van der Waals surface area contributed by atoms with Crippen LogP contribution in [0.2, 0.25) is 0 Å². The van der Waals surface area contributed by atoms with Gasteiger partial charge in [0.1, 0.15) is 6.10 Å². The van der Waals surface area contributed by atoms with Crippen molar-refractivity contribution in [2.24, 2.45) is 0 Å². The first-order valence-corrected chi connectivity index (χ1v) is 6.86. The van der Waals surface area contributed by atoms with Gasteiger partial charge in [-0.2, -0.15) is 0 Å². The Bertz CT molecular complexity index is 390. The second-order valence-electron chi connectivity index (χ2n) is 5.10. The van der Waals surface area contributed by atoms with Gasteiger partial charge in [0.2, 0.25) is 0 Å². The average Bonchev–Trinajstić information content (AvgIpc) is 3.16. The number of rotatable bonds is 7. The van der Waals surface area contributed by atoms with Crippen molar-refractivity contribution in [1.29, 1.82) is 0 Å².